The quantitative estimate of drug-likeness (QED) is 0.711. The van der Waals surface area contributed by atoms with Gasteiger partial charge in [0.25, 0.3) is 5.91 Å². The summed E-state index contributed by atoms with van der Waals surface area (Å²) in [7, 11) is 0. The SMILES string of the molecule is CC(C)C(=O)Cc1cc(C(C)NC(=O)c2ccc(CCC(F)(F)F)nc2)ccn1. The predicted molar refractivity (Wildman–Crippen MR) is 102 cm³/mol. The Morgan fingerprint density at radius 2 is 1.79 bits per heavy atom. The van der Waals surface area contributed by atoms with Gasteiger partial charge in [-0.1, -0.05) is 13.8 Å². The van der Waals surface area contributed by atoms with Gasteiger partial charge >= 0.3 is 6.18 Å². The van der Waals surface area contributed by atoms with Crippen LogP contribution in [0.4, 0.5) is 13.2 Å². The van der Waals surface area contributed by atoms with E-state index in [1.54, 1.807) is 25.3 Å². The van der Waals surface area contributed by atoms with Crippen LogP contribution in [0.5, 0.6) is 0 Å². The Hall–Kier alpha value is -2.77. The van der Waals surface area contributed by atoms with Crippen molar-refractivity contribution in [3.8, 4) is 0 Å². The number of Topliss-reactive ketones (excluding diaryl/α,β-unsaturated/α-hetero) is 1. The van der Waals surface area contributed by atoms with Crippen LogP contribution in [0, 0.1) is 5.92 Å². The van der Waals surface area contributed by atoms with Gasteiger partial charge in [-0.3, -0.25) is 19.6 Å². The van der Waals surface area contributed by atoms with Gasteiger partial charge in [-0.05, 0) is 43.2 Å². The van der Waals surface area contributed by atoms with Crippen molar-refractivity contribution in [3.05, 3.63) is 59.2 Å². The number of amides is 1. The molecule has 156 valence electrons. The Morgan fingerprint density at radius 1 is 1.07 bits per heavy atom. The average molecular weight is 407 g/mol. The minimum absolute atomic E-state index is 0.0795. The fraction of sp³-hybridized carbons (Fsp3) is 0.429. The molecular formula is C21H24F3N3O2. The smallest absolute Gasteiger partial charge is 0.345 e. The van der Waals surface area contributed by atoms with Crippen LogP contribution >= 0.6 is 0 Å². The number of nitrogens with zero attached hydrogens (tertiary/aromatic N) is 2. The number of nitrogens with one attached hydrogen (secondary N) is 1. The van der Waals surface area contributed by atoms with Crippen molar-refractivity contribution < 1.29 is 22.8 Å². The molecule has 2 heterocycles. The van der Waals surface area contributed by atoms with Crippen LogP contribution in [-0.2, 0) is 17.6 Å². The third-order valence-corrected chi connectivity index (χ3v) is 4.44. The summed E-state index contributed by atoms with van der Waals surface area (Å²) in [5.41, 5.74) is 1.98. The van der Waals surface area contributed by atoms with Crippen LogP contribution in [0.25, 0.3) is 0 Å². The Labute approximate surface area is 167 Å². The molecule has 1 N–H and O–H groups in total. The number of rotatable bonds is 8. The second-order valence-electron chi connectivity index (χ2n) is 7.23. The normalized spacial score (nSPS) is 12.7. The van der Waals surface area contributed by atoms with E-state index in [1.165, 1.54) is 18.3 Å². The maximum absolute atomic E-state index is 12.4. The fourth-order valence-electron chi connectivity index (χ4n) is 2.59. The van der Waals surface area contributed by atoms with Crippen molar-refractivity contribution in [1.29, 1.82) is 0 Å². The maximum atomic E-state index is 12.4. The zero-order valence-electron chi connectivity index (χ0n) is 16.6. The zero-order chi connectivity index (χ0) is 21.6. The first kappa shape index (κ1) is 22.5. The molecule has 1 atom stereocenters. The van der Waals surface area contributed by atoms with Gasteiger partial charge in [-0.25, -0.2) is 0 Å². The molecule has 0 aliphatic carbocycles. The third kappa shape index (κ3) is 7.29. The second kappa shape index (κ2) is 9.62. The van der Waals surface area contributed by atoms with Gasteiger partial charge in [-0.2, -0.15) is 13.2 Å². The fourth-order valence-corrected chi connectivity index (χ4v) is 2.59. The first-order chi connectivity index (χ1) is 13.5. The Kier molecular flexibility index (Phi) is 7.47. The van der Waals surface area contributed by atoms with Crippen molar-refractivity contribution in [3.63, 3.8) is 0 Å². The molecule has 5 nitrogen and oxygen atoms in total. The van der Waals surface area contributed by atoms with Crippen LogP contribution < -0.4 is 5.32 Å². The molecule has 2 aromatic heterocycles. The highest BCUT2D eigenvalue weighted by Gasteiger charge is 2.26. The first-order valence-electron chi connectivity index (χ1n) is 9.35. The summed E-state index contributed by atoms with van der Waals surface area (Å²) in [6.07, 6.45) is -2.32. The van der Waals surface area contributed by atoms with E-state index in [4.69, 9.17) is 0 Å². The zero-order valence-corrected chi connectivity index (χ0v) is 16.6. The predicted octanol–water partition coefficient (Wildman–Crippen LogP) is 4.23. The molecule has 0 spiro atoms. The molecule has 0 saturated carbocycles. The molecule has 0 saturated heterocycles. The molecule has 1 amide bonds. The molecular weight excluding hydrogens is 383 g/mol. The van der Waals surface area contributed by atoms with Crippen LogP contribution in [0.2, 0.25) is 0 Å². The van der Waals surface area contributed by atoms with Gasteiger partial charge in [-0.15, -0.1) is 0 Å². The number of halogens is 3. The van der Waals surface area contributed by atoms with Crippen molar-refractivity contribution >= 4 is 11.7 Å². The molecule has 0 aromatic carbocycles. The van der Waals surface area contributed by atoms with Gasteiger partial charge in [0, 0.05) is 42.5 Å². The van der Waals surface area contributed by atoms with E-state index < -0.39 is 12.6 Å². The number of carbonyl (C=O) groups is 2. The highest BCUT2D eigenvalue weighted by atomic mass is 19.4. The Bertz CT molecular complexity index is 849. The van der Waals surface area contributed by atoms with Crippen molar-refractivity contribution in [2.45, 2.75) is 52.3 Å². The van der Waals surface area contributed by atoms with Crippen LogP contribution in [0.1, 0.15) is 60.5 Å². The van der Waals surface area contributed by atoms with E-state index >= 15 is 0 Å². The lowest BCUT2D eigenvalue weighted by Crippen LogP contribution is -2.27. The lowest BCUT2D eigenvalue weighted by molar-refractivity contribution is -0.134. The number of pyridine rings is 2. The minimum atomic E-state index is -4.24. The highest BCUT2D eigenvalue weighted by Crippen LogP contribution is 2.21. The van der Waals surface area contributed by atoms with E-state index in [1.807, 2.05) is 13.8 Å². The van der Waals surface area contributed by atoms with Crippen LogP contribution in [0.3, 0.4) is 0 Å². The number of hydrogen-bond acceptors (Lipinski definition) is 4. The van der Waals surface area contributed by atoms with E-state index in [-0.39, 0.29) is 47.7 Å². The molecule has 8 heteroatoms. The third-order valence-electron chi connectivity index (χ3n) is 4.44. The van der Waals surface area contributed by atoms with E-state index in [9.17, 15) is 22.8 Å². The van der Waals surface area contributed by atoms with Gasteiger partial charge in [0.1, 0.15) is 5.78 Å². The standard InChI is InChI=1S/C21H24F3N3O2/c1-13(2)19(28)11-18-10-15(7-9-25-18)14(3)27-20(29)16-4-5-17(26-12-16)6-8-21(22,23)24/h4-5,7,9-10,12-14H,6,8,11H2,1-3H3,(H,27,29). The van der Waals surface area contributed by atoms with Crippen LogP contribution in [-0.4, -0.2) is 27.8 Å². The first-order valence-corrected chi connectivity index (χ1v) is 9.35. The van der Waals surface area contributed by atoms with Gasteiger partial charge in [0.15, 0.2) is 0 Å². The number of carbonyl (C=O) groups excluding carboxylic acids is 2. The average Bonchev–Trinajstić information content (AvgIpc) is 2.66. The maximum Gasteiger partial charge on any atom is 0.389 e. The summed E-state index contributed by atoms with van der Waals surface area (Å²) in [6.45, 7) is 5.46. The van der Waals surface area contributed by atoms with Gasteiger partial charge in [0.05, 0.1) is 11.6 Å². The summed E-state index contributed by atoms with van der Waals surface area (Å²) < 4.78 is 36.8. The minimum Gasteiger partial charge on any atom is -0.345 e. The molecule has 0 aliphatic rings. The molecule has 29 heavy (non-hydrogen) atoms. The number of alkyl halides is 3. The molecule has 2 rings (SSSR count). The van der Waals surface area contributed by atoms with Crippen molar-refractivity contribution in [1.82, 2.24) is 15.3 Å². The topological polar surface area (TPSA) is 72.0 Å². The Morgan fingerprint density at radius 3 is 2.38 bits per heavy atom. The highest BCUT2D eigenvalue weighted by molar-refractivity contribution is 5.94. The molecule has 0 bridgehead atoms. The lowest BCUT2D eigenvalue weighted by atomic mass is 10.0. The molecule has 0 fully saturated rings. The summed E-state index contributed by atoms with van der Waals surface area (Å²) in [4.78, 5) is 32.5. The van der Waals surface area contributed by atoms with Crippen LogP contribution in [0.15, 0.2) is 36.7 Å². The number of aromatic nitrogens is 2. The van der Waals surface area contributed by atoms with Gasteiger partial charge < -0.3 is 5.32 Å². The summed E-state index contributed by atoms with van der Waals surface area (Å²) in [5, 5.41) is 2.82. The number of hydrogen-bond donors (Lipinski definition) is 1. The summed E-state index contributed by atoms with van der Waals surface area (Å²) in [6, 6.07) is 6.08. The second-order valence-corrected chi connectivity index (χ2v) is 7.23. The van der Waals surface area contributed by atoms with Gasteiger partial charge in [0.2, 0.25) is 0 Å². The monoisotopic (exact) mass is 407 g/mol. The Balaban J connectivity index is 1.99. The molecule has 2 aromatic rings. The lowest BCUT2D eigenvalue weighted by Gasteiger charge is -2.15. The van der Waals surface area contributed by atoms with E-state index in [2.05, 4.69) is 15.3 Å². The van der Waals surface area contributed by atoms with Crippen molar-refractivity contribution in [2.24, 2.45) is 5.92 Å². The summed E-state index contributed by atoms with van der Waals surface area (Å²) in [5.74, 6) is -0.379. The van der Waals surface area contributed by atoms with E-state index in [0.717, 1.165) is 5.56 Å². The largest absolute Gasteiger partial charge is 0.389 e. The molecule has 0 radical (unpaired) electrons. The van der Waals surface area contributed by atoms with Crippen molar-refractivity contribution in [2.75, 3.05) is 0 Å². The number of aryl methyl sites for hydroxylation is 1. The molecule has 0 aliphatic heterocycles. The number of ketones is 1. The summed E-state index contributed by atoms with van der Waals surface area (Å²) >= 11 is 0. The van der Waals surface area contributed by atoms with E-state index in [0.29, 0.717) is 5.69 Å². The molecule has 1 unspecified atom stereocenters.